The average molecular weight is 326 g/mol. The van der Waals surface area contributed by atoms with E-state index in [-0.39, 0.29) is 0 Å². The first-order valence-electron chi connectivity index (χ1n) is 6.30. The third-order valence-electron chi connectivity index (χ3n) is 3.24. The maximum absolute atomic E-state index is 12.3. The van der Waals surface area contributed by atoms with Gasteiger partial charge in [-0.25, -0.2) is 0 Å². The second kappa shape index (κ2) is 6.19. The minimum Gasteiger partial charge on any atom is -0.496 e. The highest BCUT2D eigenvalue weighted by molar-refractivity contribution is 9.10. The highest BCUT2D eigenvalue weighted by atomic mass is 79.9. The molecule has 5 heteroatoms. The Balaban J connectivity index is 2.23. The van der Waals surface area contributed by atoms with Gasteiger partial charge in [-0.05, 0) is 37.5 Å². The number of rotatable bonds is 3. The lowest BCUT2D eigenvalue weighted by Gasteiger charge is -2.26. The van der Waals surface area contributed by atoms with Gasteiger partial charge in [-0.15, -0.1) is 0 Å². The lowest BCUT2D eigenvalue weighted by molar-refractivity contribution is -0.127. The minimum absolute atomic E-state index is 0.312. The number of carbonyl (C=O) groups is 2. The number of carbonyl (C=O) groups excluding carboxylic acids is 2. The SMILES string of the molecule is COc1ccc(Br)cc1C(=O)C(=O)N1CCCCC1. The standard InChI is InChI=1S/C14H16BrNO3/c1-19-12-6-5-10(15)9-11(12)13(17)14(18)16-7-3-2-4-8-16/h5-6,9H,2-4,7-8H2,1H3. The van der Waals surface area contributed by atoms with Crippen LogP contribution >= 0.6 is 15.9 Å². The fourth-order valence-corrected chi connectivity index (χ4v) is 2.57. The Morgan fingerprint density at radius 1 is 1.21 bits per heavy atom. The molecule has 1 aliphatic heterocycles. The van der Waals surface area contributed by atoms with Crippen LogP contribution in [0, 0.1) is 0 Å². The van der Waals surface area contributed by atoms with E-state index in [4.69, 9.17) is 4.74 Å². The normalized spacial score (nSPS) is 15.2. The molecule has 0 aromatic heterocycles. The maximum Gasteiger partial charge on any atom is 0.295 e. The molecule has 0 unspecified atom stereocenters. The number of piperidine rings is 1. The van der Waals surface area contributed by atoms with E-state index >= 15 is 0 Å². The summed E-state index contributed by atoms with van der Waals surface area (Å²) in [4.78, 5) is 26.1. The molecule has 0 N–H and O–H groups in total. The summed E-state index contributed by atoms with van der Waals surface area (Å²) in [7, 11) is 1.49. The number of hydrogen-bond donors (Lipinski definition) is 0. The van der Waals surface area contributed by atoms with Gasteiger partial charge in [-0.1, -0.05) is 15.9 Å². The average Bonchev–Trinajstić information content (AvgIpc) is 2.46. The lowest BCUT2D eigenvalue weighted by Crippen LogP contribution is -2.40. The van der Waals surface area contributed by atoms with Gasteiger partial charge in [0, 0.05) is 17.6 Å². The molecule has 1 saturated heterocycles. The predicted molar refractivity (Wildman–Crippen MR) is 75.5 cm³/mol. The van der Waals surface area contributed by atoms with Gasteiger partial charge in [0.05, 0.1) is 12.7 Å². The molecule has 1 fully saturated rings. The molecule has 1 aliphatic rings. The second-order valence-electron chi connectivity index (χ2n) is 4.53. The molecule has 0 atom stereocenters. The number of nitrogens with zero attached hydrogens (tertiary/aromatic N) is 1. The molecule has 0 radical (unpaired) electrons. The van der Waals surface area contributed by atoms with Gasteiger partial charge < -0.3 is 9.64 Å². The zero-order valence-corrected chi connectivity index (χ0v) is 12.4. The van der Waals surface area contributed by atoms with Crippen LogP contribution in [-0.2, 0) is 4.79 Å². The van der Waals surface area contributed by atoms with Crippen molar-refractivity contribution in [1.29, 1.82) is 0 Å². The monoisotopic (exact) mass is 325 g/mol. The van der Waals surface area contributed by atoms with E-state index in [1.165, 1.54) is 7.11 Å². The van der Waals surface area contributed by atoms with Crippen LogP contribution in [0.3, 0.4) is 0 Å². The molecule has 1 heterocycles. The predicted octanol–water partition coefficient (Wildman–Crippen LogP) is 2.65. The Kier molecular flexibility index (Phi) is 4.58. The summed E-state index contributed by atoms with van der Waals surface area (Å²) in [5.74, 6) is -0.505. The van der Waals surface area contributed by atoms with Crippen molar-refractivity contribution in [3.05, 3.63) is 28.2 Å². The van der Waals surface area contributed by atoms with Crippen molar-refractivity contribution < 1.29 is 14.3 Å². The summed E-state index contributed by atoms with van der Waals surface area (Å²) < 4.78 is 5.90. The van der Waals surface area contributed by atoms with Crippen molar-refractivity contribution >= 4 is 27.6 Å². The number of methoxy groups -OCH3 is 1. The van der Waals surface area contributed by atoms with Crippen molar-refractivity contribution in [2.45, 2.75) is 19.3 Å². The van der Waals surface area contributed by atoms with E-state index < -0.39 is 11.7 Å². The molecule has 0 saturated carbocycles. The molecule has 102 valence electrons. The van der Waals surface area contributed by atoms with E-state index in [9.17, 15) is 9.59 Å². The van der Waals surface area contributed by atoms with Gasteiger partial charge in [0.15, 0.2) is 0 Å². The zero-order chi connectivity index (χ0) is 13.8. The first kappa shape index (κ1) is 14.1. The topological polar surface area (TPSA) is 46.6 Å². The van der Waals surface area contributed by atoms with E-state index in [0.29, 0.717) is 24.4 Å². The van der Waals surface area contributed by atoms with Crippen LogP contribution in [0.4, 0.5) is 0 Å². The van der Waals surface area contributed by atoms with Gasteiger partial charge in [0.2, 0.25) is 0 Å². The van der Waals surface area contributed by atoms with Gasteiger partial charge in [-0.3, -0.25) is 9.59 Å². The van der Waals surface area contributed by atoms with Crippen molar-refractivity contribution in [3.63, 3.8) is 0 Å². The summed E-state index contributed by atoms with van der Waals surface area (Å²) in [5, 5.41) is 0. The van der Waals surface area contributed by atoms with Gasteiger partial charge in [0.25, 0.3) is 11.7 Å². The van der Waals surface area contributed by atoms with Gasteiger partial charge in [0.1, 0.15) is 5.75 Å². The highest BCUT2D eigenvalue weighted by Gasteiger charge is 2.26. The summed E-state index contributed by atoms with van der Waals surface area (Å²) in [6, 6.07) is 5.09. The van der Waals surface area contributed by atoms with Crippen molar-refractivity contribution in [1.82, 2.24) is 4.90 Å². The third-order valence-corrected chi connectivity index (χ3v) is 3.74. The minimum atomic E-state index is -0.500. The third kappa shape index (κ3) is 3.15. The van der Waals surface area contributed by atoms with Crippen LogP contribution in [0.1, 0.15) is 29.6 Å². The number of Topliss-reactive ketones (excluding diaryl/α,β-unsaturated/α-hetero) is 1. The number of likely N-dealkylation sites (tertiary alicyclic amines) is 1. The van der Waals surface area contributed by atoms with Gasteiger partial charge in [-0.2, -0.15) is 0 Å². The Morgan fingerprint density at radius 2 is 1.89 bits per heavy atom. The van der Waals surface area contributed by atoms with E-state index in [1.807, 2.05) is 0 Å². The Labute approximate surface area is 120 Å². The van der Waals surface area contributed by atoms with E-state index in [0.717, 1.165) is 23.7 Å². The lowest BCUT2D eigenvalue weighted by atomic mass is 10.1. The fraction of sp³-hybridized carbons (Fsp3) is 0.429. The number of amides is 1. The van der Waals surface area contributed by atoms with E-state index in [1.54, 1.807) is 23.1 Å². The Bertz CT molecular complexity index is 495. The summed E-state index contributed by atoms with van der Waals surface area (Å²) in [6.07, 6.45) is 3.06. The molecule has 0 aliphatic carbocycles. The number of ketones is 1. The molecule has 2 rings (SSSR count). The van der Waals surface area contributed by atoms with Crippen molar-refractivity contribution in [3.8, 4) is 5.75 Å². The second-order valence-corrected chi connectivity index (χ2v) is 5.44. The molecule has 1 amide bonds. The zero-order valence-electron chi connectivity index (χ0n) is 10.8. The number of hydrogen-bond acceptors (Lipinski definition) is 3. The molecular formula is C14H16BrNO3. The van der Waals surface area contributed by atoms with Gasteiger partial charge >= 0.3 is 0 Å². The molecule has 0 bridgehead atoms. The molecule has 1 aromatic rings. The van der Waals surface area contributed by atoms with Crippen LogP contribution in [0.15, 0.2) is 22.7 Å². The molecule has 19 heavy (non-hydrogen) atoms. The molecule has 4 nitrogen and oxygen atoms in total. The number of benzene rings is 1. The fourth-order valence-electron chi connectivity index (χ4n) is 2.21. The van der Waals surface area contributed by atoms with Crippen molar-refractivity contribution in [2.75, 3.05) is 20.2 Å². The Morgan fingerprint density at radius 3 is 2.53 bits per heavy atom. The molecular weight excluding hydrogens is 310 g/mol. The largest absolute Gasteiger partial charge is 0.496 e. The number of halogens is 1. The van der Waals surface area contributed by atoms with Crippen molar-refractivity contribution in [2.24, 2.45) is 0 Å². The smallest absolute Gasteiger partial charge is 0.295 e. The summed E-state index contributed by atoms with van der Waals surface area (Å²) in [6.45, 7) is 1.34. The van der Waals surface area contributed by atoms with Crippen LogP contribution in [0.25, 0.3) is 0 Å². The number of ether oxygens (including phenoxy) is 1. The molecule has 0 spiro atoms. The maximum atomic E-state index is 12.3. The first-order valence-corrected chi connectivity index (χ1v) is 7.10. The van der Waals surface area contributed by atoms with Crippen LogP contribution in [0.2, 0.25) is 0 Å². The molecule has 1 aromatic carbocycles. The Hall–Kier alpha value is -1.36. The van der Waals surface area contributed by atoms with Crippen LogP contribution < -0.4 is 4.74 Å². The first-order chi connectivity index (χ1) is 9.13. The van der Waals surface area contributed by atoms with Crippen LogP contribution in [-0.4, -0.2) is 36.8 Å². The van der Waals surface area contributed by atoms with Crippen LogP contribution in [0.5, 0.6) is 5.75 Å². The summed E-state index contributed by atoms with van der Waals surface area (Å²) >= 11 is 3.31. The summed E-state index contributed by atoms with van der Waals surface area (Å²) in [5.41, 5.74) is 0.312. The quantitative estimate of drug-likeness (QED) is 0.634. The highest BCUT2D eigenvalue weighted by Crippen LogP contribution is 2.24. The van der Waals surface area contributed by atoms with E-state index in [2.05, 4.69) is 15.9 Å².